The number of aromatic nitrogens is 2. The average Bonchev–Trinajstić information content (AvgIpc) is 2.67. The second-order valence-corrected chi connectivity index (χ2v) is 7.70. The molecule has 0 radical (unpaired) electrons. The van der Waals surface area contributed by atoms with Crippen LogP contribution in [0.2, 0.25) is 0 Å². The van der Waals surface area contributed by atoms with Gasteiger partial charge in [0.05, 0.1) is 12.2 Å². The van der Waals surface area contributed by atoms with Gasteiger partial charge in [-0.2, -0.15) is 0 Å². The summed E-state index contributed by atoms with van der Waals surface area (Å²) < 4.78 is 6.49. The van der Waals surface area contributed by atoms with Gasteiger partial charge in [-0.3, -0.25) is 4.79 Å². The minimum atomic E-state index is -0.0484. The van der Waals surface area contributed by atoms with Crippen LogP contribution in [0, 0.1) is 5.92 Å². The van der Waals surface area contributed by atoms with Gasteiger partial charge in [-0.1, -0.05) is 26.2 Å². The Hall–Kier alpha value is -1.69. The van der Waals surface area contributed by atoms with Crippen molar-refractivity contribution in [2.24, 2.45) is 5.92 Å². The molecule has 3 atom stereocenters. The van der Waals surface area contributed by atoms with Crippen molar-refractivity contribution >= 4 is 11.9 Å². The van der Waals surface area contributed by atoms with Gasteiger partial charge in [0.1, 0.15) is 0 Å². The monoisotopic (exact) mass is 360 g/mol. The SMILES string of the molecule is CCCNc1ncc([C@@H]2C[C@H](NC(C)=O)C[C@H](C3CCCCC3)O2)cn1. The van der Waals surface area contributed by atoms with Crippen molar-refractivity contribution in [2.45, 2.75) is 83.5 Å². The van der Waals surface area contributed by atoms with Crippen molar-refractivity contribution in [3.63, 3.8) is 0 Å². The van der Waals surface area contributed by atoms with Crippen LogP contribution in [0.5, 0.6) is 0 Å². The first-order chi connectivity index (χ1) is 12.7. The molecule has 1 saturated heterocycles. The van der Waals surface area contributed by atoms with Gasteiger partial charge in [0, 0.05) is 37.5 Å². The van der Waals surface area contributed by atoms with Crippen LogP contribution in [0.25, 0.3) is 0 Å². The number of carbonyl (C=O) groups excluding carboxylic acids is 1. The fraction of sp³-hybridized carbons (Fsp3) is 0.750. The molecule has 2 fully saturated rings. The summed E-state index contributed by atoms with van der Waals surface area (Å²) in [5, 5.41) is 6.32. The summed E-state index contributed by atoms with van der Waals surface area (Å²) in [5.74, 6) is 1.30. The van der Waals surface area contributed by atoms with E-state index in [2.05, 4.69) is 27.5 Å². The summed E-state index contributed by atoms with van der Waals surface area (Å²) in [6.45, 7) is 4.58. The zero-order valence-electron chi connectivity index (χ0n) is 16.0. The Balaban J connectivity index is 1.70. The topological polar surface area (TPSA) is 76.1 Å². The van der Waals surface area contributed by atoms with Gasteiger partial charge >= 0.3 is 0 Å². The number of nitrogens with zero attached hydrogens (tertiary/aromatic N) is 2. The van der Waals surface area contributed by atoms with Gasteiger partial charge in [-0.25, -0.2) is 9.97 Å². The van der Waals surface area contributed by atoms with E-state index >= 15 is 0 Å². The fourth-order valence-electron chi connectivity index (χ4n) is 4.22. The minimum absolute atomic E-state index is 0.0356. The first-order valence-corrected chi connectivity index (χ1v) is 10.1. The predicted octanol–water partition coefficient (Wildman–Crippen LogP) is 3.60. The Bertz CT molecular complexity index is 572. The van der Waals surface area contributed by atoms with E-state index in [9.17, 15) is 4.79 Å². The van der Waals surface area contributed by atoms with Crippen LogP contribution < -0.4 is 10.6 Å². The number of ether oxygens (including phenoxy) is 1. The maximum absolute atomic E-state index is 11.6. The van der Waals surface area contributed by atoms with Crippen LogP contribution in [-0.4, -0.2) is 34.6 Å². The maximum atomic E-state index is 11.6. The Kier molecular flexibility index (Phi) is 6.83. The zero-order chi connectivity index (χ0) is 18.4. The van der Waals surface area contributed by atoms with Crippen LogP contribution in [0.3, 0.4) is 0 Å². The molecule has 0 unspecified atom stereocenters. The van der Waals surface area contributed by atoms with Crippen molar-refractivity contribution in [1.29, 1.82) is 0 Å². The van der Waals surface area contributed by atoms with Gasteiger partial charge in [-0.15, -0.1) is 0 Å². The van der Waals surface area contributed by atoms with Gasteiger partial charge in [-0.05, 0) is 38.0 Å². The van der Waals surface area contributed by atoms with Crippen LogP contribution in [0.4, 0.5) is 5.95 Å². The molecule has 2 N–H and O–H groups in total. The molecule has 0 aromatic carbocycles. The zero-order valence-corrected chi connectivity index (χ0v) is 16.0. The van der Waals surface area contributed by atoms with E-state index in [0.717, 1.165) is 31.4 Å². The molecule has 0 bridgehead atoms. The molecule has 6 nitrogen and oxygen atoms in total. The van der Waals surface area contributed by atoms with Crippen molar-refractivity contribution in [2.75, 3.05) is 11.9 Å². The van der Waals surface area contributed by atoms with E-state index in [1.807, 2.05) is 12.4 Å². The third kappa shape index (κ3) is 5.16. The third-order valence-corrected chi connectivity index (χ3v) is 5.51. The first kappa shape index (κ1) is 19.1. The van der Waals surface area contributed by atoms with E-state index in [0.29, 0.717) is 11.9 Å². The lowest BCUT2D eigenvalue weighted by Crippen LogP contribution is -2.44. The molecule has 6 heteroatoms. The van der Waals surface area contributed by atoms with Gasteiger partial charge in [0.2, 0.25) is 11.9 Å². The summed E-state index contributed by atoms with van der Waals surface area (Å²) in [4.78, 5) is 20.4. The van der Waals surface area contributed by atoms with Crippen molar-refractivity contribution in [3.05, 3.63) is 18.0 Å². The Morgan fingerprint density at radius 2 is 1.92 bits per heavy atom. The molecule has 26 heavy (non-hydrogen) atoms. The van der Waals surface area contributed by atoms with E-state index < -0.39 is 0 Å². The fourth-order valence-corrected chi connectivity index (χ4v) is 4.22. The molecule has 1 aliphatic carbocycles. The van der Waals surface area contributed by atoms with Crippen LogP contribution >= 0.6 is 0 Å². The number of amides is 1. The molecule has 3 rings (SSSR count). The van der Waals surface area contributed by atoms with Crippen LogP contribution in [-0.2, 0) is 9.53 Å². The Morgan fingerprint density at radius 3 is 2.58 bits per heavy atom. The predicted molar refractivity (Wildman–Crippen MR) is 102 cm³/mol. The second-order valence-electron chi connectivity index (χ2n) is 7.70. The lowest BCUT2D eigenvalue weighted by atomic mass is 9.80. The van der Waals surface area contributed by atoms with Gasteiger partial charge in [0.25, 0.3) is 0 Å². The van der Waals surface area contributed by atoms with E-state index in [1.54, 1.807) is 6.92 Å². The first-order valence-electron chi connectivity index (χ1n) is 10.1. The minimum Gasteiger partial charge on any atom is -0.370 e. The number of hydrogen-bond acceptors (Lipinski definition) is 5. The van der Waals surface area contributed by atoms with Crippen molar-refractivity contribution < 1.29 is 9.53 Å². The molecular weight excluding hydrogens is 328 g/mol. The summed E-state index contributed by atoms with van der Waals surface area (Å²) in [6.07, 6.45) is 13.0. The molecule has 0 spiro atoms. The third-order valence-electron chi connectivity index (χ3n) is 5.51. The van der Waals surface area contributed by atoms with Crippen LogP contribution in [0.1, 0.15) is 76.9 Å². The normalized spacial score (nSPS) is 27.1. The molecule has 144 valence electrons. The summed E-state index contributed by atoms with van der Waals surface area (Å²) >= 11 is 0. The highest BCUT2D eigenvalue weighted by atomic mass is 16.5. The van der Waals surface area contributed by atoms with E-state index in [4.69, 9.17) is 4.74 Å². The number of rotatable bonds is 6. The number of nitrogens with one attached hydrogen (secondary N) is 2. The second kappa shape index (κ2) is 9.31. The molecule has 1 amide bonds. The quantitative estimate of drug-likeness (QED) is 0.810. The summed E-state index contributed by atoms with van der Waals surface area (Å²) in [7, 11) is 0. The maximum Gasteiger partial charge on any atom is 0.222 e. The number of carbonyl (C=O) groups is 1. The lowest BCUT2D eigenvalue weighted by molar-refractivity contribution is -0.124. The molecule has 2 aliphatic rings. The molecule has 1 aromatic heterocycles. The Morgan fingerprint density at radius 1 is 1.19 bits per heavy atom. The summed E-state index contributed by atoms with van der Waals surface area (Å²) in [6, 6.07) is 0.163. The van der Waals surface area contributed by atoms with E-state index in [1.165, 1.54) is 32.1 Å². The lowest BCUT2D eigenvalue weighted by Gasteiger charge is -2.40. The van der Waals surface area contributed by atoms with Gasteiger partial charge < -0.3 is 15.4 Å². The highest BCUT2D eigenvalue weighted by Gasteiger charge is 2.35. The molecule has 1 aliphatic heterocycles. The standard InChI is InChI=1S/C20H32N4O2/c1-3-9-21-20-22-12-16(13-23-20)19-11-17(24-14(2)25)10-18(26-19)15-7-5-4-6-8-15/h12-13,15,17-19H,3-11H2,1-2H3,(H,24,25)(H,21,22,23)/t17-,18-,19+/m1/s1. The van der Waals surface area contributed by atoms with Crippen molar-refractivity contribution in [3.8, 4) is 0 Å². The number of anilines is 1. The molecular formula is C20H32N4O2. The largest absolute Gasteiger partial charge is 0.370 e. The highest BCUT2D eigenvalue weighted by molar-refractivity contribution is 5.73. The van der Waals surface area contributed by atoms with E-state index in [-0.39, 0.29) is 24.2 Å². The summed E-state index contributed by atoms with van der Waals surface area (Å²) in [5.41, 5.74) is 1.00. The number of hydrogen-bond donors (Lipinski definition) is 2. The van der Waals surface area contributed by atoms with Crippen LogP contribution in [0.15, 0.2) is 12.4 Å². The Labute approximate surface area is 156 Å². The van der Waals surface area contributed by atoms with Crippen molar-refractivity contribution in [1.82, 2.24) is 15.3 Å². The smallest absolute Gasteiger partial charge is 0.222 e. The highest BCUT2D eigenvalue weighted by Crippen LogP contribution is 2.38. The average molecular weight is 361 g/mol. The van der Waals surface area contributed by atoms with Gasteiger partial charge in [0.15, 0.2) is 0 Å². The molecule has 1 aromatic rings. The molecule has 2 heterocycles. The molecule has 1 saturated carbocycles.